The maximum absolute atomic E-state index is 11.2. The molecule has 1 unspecified atom stereocenters. The Morgan fingerprint density at radius 1 is 1.36 bits per heavy atom. The van der Waals surface area contributed by atoms with Crippen LogP contribution in [0.3, 0.4) is 0 Å². The first-order valence-electron chi connectivity index (χ1n) is 5.46. The van der Waals surface area contributed by atoms with Gasteiger partial charge in [-0.2, -0.15) is 0 Å². The van der Waals surface area contributed by atoms with Gasteiger partial charge in [-0.1, -0.05) is 12.2 Å². The van der Waals surface area contributed by atoms with Crippen LogP contribution in [-0.4, -0.2) is 5.91 Å². The van der Waals surface area contributed by atoms with Gasteiger partial charge in [0.05, 0.1) is 0 Å². The standard InChI is InChI=1S/C12H17NO/c1-2-4-9-5-3-6-11-10(9)7-8-12(14)13-11/h2,4,9H,3,5-8H2,1H3,(H,13,14)/b4-2+. The van der Waals surface area contributed by atoms with Crippen molar-refractivity contribution in [2.45, 2.75) is 39.0 Å². The largest absolute Gasteiger partial charge is 0.330 e. The van der Waals surface area contributed by atoms with Crippen molar-refractivity contribution in [3.8, 4) is 0 Å². The highest BCUT2D eigenvalue weighted by molar-refractivity contribution is 5.79. The Morgan fingerprint density at radius 3 is 3.00 bits per heavy atom. The lowest BCUT2D eigenvalue weighted by Gasteiger charge is -2.30. The average Bonchev–Trinajstić information content (AvgIpc) is 2.18. The third-order valence-corrected chi connectivity index (χ3v) is 3.11. The number of carbonyl (C=O) groups is 1. The smallest absolute Gasteiger partial charge is 0.224 e. The molecule has 0 saturated carbocycles. The monoisotopic (exact) mass is 191 g/mol. The van der Waals surface area contributed by atoms with Gasteiger partial charge in [0.25, 0.3) is 0 Å². The van der Waals surface area contributed by atoms with E-state index >= 15 is 0 Å². The Bertz CT molecular complexity index is 301. The van der Waals surface area contributed by atoms with Crippen LogP contribution in [0.5, 0.6) is 0 Å². The van der Waals surface area contributed by atoms with E-state index in [0.717, 1.165) is 12.8 Å². The number of nitrogens with one attached hydrogen (secondary N) is 1. The van der Waals surface area contributed by atoms with E-state index in [1.807, 2.05) is 0 Å². The number of rotatable bonds is 1. The summed E-state index contributed by atoms with van der Waals surface area (Å²) >= 11 is 0. The van der Waals surface area contributed by atoms with Crippen LogP contribution in [0.4, 0.5) is 0 Å². The molecule has 14 heavy (non-hydrogen) atoms. The quantitative estimate of drug-likeness (QED) is 0.634. The molecular formula is C12H17NO. The number of carbonyl (C=O) groups excluding carboxylic acids is 1. The zero-order valence-corrected chi connectivity index (χ0v) is 8.68. The maximum Gasteiger partial charge on any atom is 0.224 e. The molecule has 76 valence electrons. The van der Waals surface area contributed by atoms with Crippen LogP contribution >= 0.6 is 0 Å². The molecule has 2 heteroatoms. The van der Waals surface area contributed by atoms with Crippen LogP contribution in [0.1, 0.15) is 39.0 Å². The number of amides is 1. The Kier molecular flexibility index (Phi) is 2.71. The molecule has 0 fully saturated rings. The molecule has 0 spiro atoms. The Hall–Kier alpha value is -1.05. The molecule has 0 bridgehead atoms. The zero-order valence-electron chi connectivity index (χ0n) is 8.68. The lowest BCUT2D eigenvalue weighted by molar-refractivity contribution is -0.120. The fourth-order valence-electron chi connectivity index (χ4n) is 2.46. The molecule has 0 aromatic heterocycles. The van der Waals surface area contributed by atoms with Crippen molar-refractivity contribution in [2.24, 2.45) is 5.92 Å². The summed E-state index contributed by atoms with van der Waals surface area (Å²) in [5.41, 5.74) is 2.70. The predicted molar refractivity (Wildman–Crippen MR) is 56.6 cm³/mol. The van der Waals surface area contributed by atoms with E-state index < -0.39 is 0 Å². The molecule has 2 nitrogen and oxygen atoms in total. The zero-order chi connectivity index (χ0) is 9.97. The van der Waals surface area contributed by atoms with Gasteiger partial charge in [-0.3, -0.25) is 4.79 Å². The average molecular weight is 191 g/mol. The molecule has 2 rings (SSSR count). The number of hydrogen-bond acceptors (Lipinski definition) is 1. The minimum absolute atomic E-state index is 0.199. The van der Waals surface area contributed by atoms with E-state index in [0.29, 0.717) is 12.3 Å². The highest BCUT2D eigenvalue weighted by atomic mass is 16.1. The second-order valence-electron chi connectivity index (χ2n) is 4.08. The van der Waals surface area contributed by atoms with Gasteiger partial charge in [0.15, 0.2) is 0 Å². The molecule has 1 aliphatic heterocycles. The van der Waals surface area contributed by atoms with Gasteiger partial charge < -0.3 is 5.32 Å². The summed E-state index contributed by atoms with van der Waals surface area (Å²) in [6.07, 6.45) is 9.55. The van der Waals surface area contributed by atoms with Gasteiger partial charge in [-0.15, -0.1) is 0 Å². The van der Waals surface area contributed by atoms with Crippen LogP contribution in [-0.2, 0) is 4.79 Å². The third-order valence-electron chi connectivity index (χ3n) is 3.11. The molecule has 0 saturated heterocycles. The minimum atomic E-state index is 0.199. The van der Waals surface area contributed by atoms with Gasteiger partial charge in [0, 0.05) is 12.1 Å². The molecule has 2 aliphatic rings. The van der Waals surface area contributed by atoms with E-state index in [-0.39, 0.29) is 5.91 Å². The highest BCUT2D eigenvalue weighted by Crippen LogP contribution is 2.34. The molecular weight excluding hydrogens is 174 g/mol. The van der Waals surface area contributed by atoms with Gasteiger partial charge >= 0.3 is 0 Å². The van der Waals surface area contributed by atoms with Crippen molar-refractivity contribution in [1.29, 1.82) is 0 Å². The van der Waals surface area contributed by atoms with E-state index in [2.05, 4.69) is 24.4 Å². The van der Waals surface area contributed by atoms with Crippen LogP contribution in [0.15, 0.2) is 23.4 Å². The van der Waals surface area contributed by atoms with Crippen LogP contribution in [0, 0.1) is 5.92 Å². The predicted octanol–water partition coefficient (Wildman–Crippen LogP) is 2.53. The molecule has 0 aromatic rings. The number of allylic oxidation sites excluding steroid dienone is 4. The summed E-state index contributed by atoms with van der Waals surface area (Å²) in [4.78, 5) is 11.2. The van der Waals surface area contributed by atoms with Crippen LogP contribution < -0.4 is 5.32 Å². The Labute approximate surface area is 85.1 Å². The first-order valence-corrected chi connectivity index (χ1v) is 5.46. The maximum atomic E-state index is 11.2. The van der Waals surface area contributed by atoms with Crippen LogP contribution in [0.25, 0.3) is 0 Å². The van der Waals surface area contributed by atoms with E-state index in [9.17, 15) is 4.79 Å². The molecule has 1 atom stereocenters. The summed E-state index contributed by atoms with van der Waals surface area (Å²) in [5.74, 6) is 0.786. The molecule has 1 amide bonds. The molecule has 1 N–H and O–H groups in total. The first-order chi connectivity index (χ1) is 6.81. The van der Waals surface area contributed by atoms with Crippen molar-refractivity contribution in [1.82, 2.24) is 5.32 Å². The molecule has 1 heterocycles. The van der Waals surface area contributed by atoms with Gasteiger partial charge in [0.2, 0.25) is 5.91 Å². The topological polar surface area (TPSA) is 29.1 Å². The molecule has 0 radical (unpaired) electrons. The van der Waals surface area contributed by atoms with E-state index in [4.69, 9.17) is 0 Å². The van der Waals surface area contributed by atoms with Crippen molar-refractivity contribution in [3.63, 3.8) is 0 Å². The van der Waals surface area contributed by atoms with Gasteiger partial charge in [-0.05, 0) is 44.1 Å². The lowest BCUT2D eigenvalue weighted by atomic mass is 9.81. The van der Waals surface area contributed by atoms with Crippen molar-refractivity contribution in [2.75, 3.05) is 0 Å². The molecule has 1 aliphatic carbocycles. The summed E-state index contributed by atoms with van der Waals surface area (Å²) in [5, 5.41) is 3.01. The normalized spacial score (nSPS) is 27.8. The second kappa shape index (κ2) is 3.99. The summed E-state index contributed by atoms with van der Waals surface area (Å²) < 4.78 is 0. The van der Waals surface area contributed by atoms with E-state index in [1.54, 1.807) is 0 Å². The second-order valence-corrected chi connectivity index (χ2v) is 4.08. The van der Waals surface area contributed by atoms with Crippen LogP contribution in [0.2, 0.25) is 0 Å². The molecule has 0 aromatic carbocycles. The first kappa shape index (κ1) is 9.50. The van der Waals surface area contributed by atoms with Gasteiger partial charge in [-0.25, -0.2) is 0 Å². The number of hydrogen-bond donors (Lipinski definition) is 1. The summed E-state index contributed by atoms with van der Waals surface area (Å²) in [6, 6.07) is 0. The Balaban J connectivity index is 2.23. The van der Waals surface area contributed by atoms with Crippen molar-refractivity contribution >= 4 is 5.91 Å². The summed E-state index contributed by atoms with van der Waals surface area (Å²) in [6.45, 7) is 2.07. The van der Waals surface area contributed by atoms with Crippen molar-refractivity contribution in [3.05, 3.63) is 23.4 Å². The minimum Gasteiger partial charge on any atom is -0.330 e. The third kappa shape index (κ3) is 1.74. The fraction of sp³-hybridized carbons (Fsp3) is 0.583. The van der Waals surface area contributed by atoms with E-state index in [1.165, 1.54) is 24.1 Å². The van der Waals surface area contributed by atoms with Crippen molar-refractivity contribution < 1.29 is 4.79 Å². The van der Waals surface area contributed by atoms with Gasteiger partial charge in [0.1, 0.15) is 0 Å². The summed E-state index contributed by atoms with van der Waals surface area (Å²) in [7, 11) is 0. The highest BCUT2D eigenvalue weighted by Gasteiger charge is 2.25. The lowest BCUT2D eigenvalue weighted by Crippen LogP contribution is -2.31. The Morgan fingerprint density at radius 2 is 2.21 bits per heavy atom. The fourth-order valence-corrected chi connectivity index (χ4v) is 2.46. The SMILES string of the molecule is C/C=C/C1CCCC2=C1CCC(=O)N2.